The van der Waals surface area contributed by atoms with Crippen LogP contribution in [0.4, 0.5) is 8.78 Å². The monoisotopic (exact) mass is 349 g/mol. The van der Waals surface area contributed by atoms with E-state index in [1.807, 2.05) is 19.1 Å². The summed E-state index contributed by atoms with van der Waals surface area (Å²) >= 11 is 0. The summed E-state index contributed by atoms with van der Waals surface area (Å²) in [6.07, 6.45) is -1.95. The summed E-state index contributed by atoms with van der Waals surface area (Å²) in [6.45, 7) is 5.11. The van der Waals surface area contributed by atoms with Crippen molar-refractivity contribution in [3.8, 4) is 5.75 Å². The average molecular weight is 349 g/mol. The van der Waals surface area contributed by atoms with E-state index in [-0.39, 0.29) is 5.56 Å². The van der Waals surface area contributed by atoms with Gasteiger partial charge in [0.15, 0.2) is 17.7 Å². The molecule has 3 atom stereocenters. The van der Waals surface area contributed by atoms with E-state index in [0.717, 1.165) is 17.7 Å². The van der Waals surface area contributed by atoms with Gasteiger partial charge in [0.05, 0.1) is 12.1 Å². The normalized spacial score (nSPS) is 14.5. The maximum Gasteiger partial charge on any atom is 0.261 e. The summed E-state index contributed by atoms with van der Waals surface area (Å²) in [7, 11) is 0. The number of hydrogen-bond acceptors (Lipinski definition) is 3. The van der Waals surface area contributed by atoms with E-state index >= 15 is 0 Å². The van der Waals surface area contributed by atoms with E-state index in [4.69, 9.17) is 4.74 Å². The fourth-order valence-electron chi connectivity index (χ4n) is 2.28. The summed E-state index contributed by atoms with van der Waals surface area (Å²) in [5.41, 5.74) is 1.26. The Kier molecular flexibility index (Phi) is 6.09. The number of carbonyl (C=O) groups is 1. The smallest absolute Gasteiger partial charge is 0.261 e. The Hall–Kier alpha value is -2.47. The minimum Gasteiger partial charge on any atom is -0.481 e. The van der Waals surface area contributed by atoms with E-state index in [2.05, 4.69) is 5.32 Å². The second kappa shape index (κ2) is 8.07. The number of ether oxygens (including phenoxy) is 1. The van der Waals surface area contributed by atoms with Gasteiger partial charge in [-0.2, -0.15) is 0 Å². The first-order valence-electron chi connectivity index (χ1n) is 7.94. The third-order valence-electron chi connectivity index (χ3n) is 3.83. The number of carbonyl (C=O) groups excluding carboxylic acids is 1. The third kappa shape index (κ3) is 5.00. The van der Waals surface area contributed by atoms with Gasteiger partial charge < -0.3 is 15.2 Å². The molecule has 25 heavy (non-hydrogen) atoms. The Morgan fingerprint density at radius 2 is 1.72 bits per heavy atom. The molecule has 134 valence electrons. The van der Waals surface area contributed by atoms with Gasteiger partial charge in [-0.05, 0) is 50.6 Å². The zero-order valence-corrected chi connectivity index (χ0v) is 14.3. The Bertz CT molecular complexity index is 734. The van der Waals surface area contributed by atoms with Crippen LogP contribution in [0.2, 0.25) is 0 Å². The number of aryl methyl sites for hydroxylation is 1. The first kappa shape index (κ1) is 18.9. The lowest BCUT2D eigenvalue weighted by Crippen LogP contribution is -2.43. The van der Waals surface area contributed by atoms with Crippen LogP contribution in [0.3, 0.4) is 0 Å². The van der Waals surface area contributed by atoms with Gasteiger partial charge in [-0.15, -0.1) is 0 Å². The van der Waals surface area contributed by atoms with Crippen molar-refractivity contribution in [3.63, 3.8) is 0 Å². The molecule has 0 aromatic heterocycles. The van der Waals surface area contributed by atoms with Gasteiger partial charge in [0.2, 0.25) is 0 Å². The lowest BCUT2D eigenvalue weighted by Gasteiger charge is -2.23. The van der Waals surface area contributed by atoms with Crippen LogP contribution in [-0.4, -0.2) is 23.2 Å². The second-order valence-corrected chi connectivity index (χ2v) is 5.99. The number of hydrogen-bond donors (Lipinski definition) is 2. The van der Waals surface area contributed by atoms with Gasteiger partial charge in [0, 0.05) is 0 Å². The van der Waals surface area contributed by atoms with E-state index in [1.165, 1.54) is 6.07 Å². The molecule has 2 N–H and O–H groups in total. The molecule has 2 aromatic rings. The molecular weight excluding hydrogens is 328 g/mol. The van der Waals surface area contributed by atoms with E-state index < -0.39 is 35.8 Å². The Morgan fingerprint density at radius 1 is 1.08 bits per heavy atom. The quantitative estimate of drug-likeness (QED) is 0.841. The molecule has 0 aliphatic carbocycles. The fraction of sp³-hybridized carbons (Fsp3) is 0.316. The second-order valence-electron chi connectivity index (χ2n) is 5.99. The number of aliphatic hydroxyl groups is 1. The molecule has 0 saturated heterocycles. The highest BCUT2D eigenvalue weighted by atomic mass is 19.2. The Balaban J connectivity index is 1.95. The van der Waals surface area contributed by atoms with Gasteiger partial charge in [0.25, 0.3) is 5.91 Å². The molecule has 0 saturated carbocycles. The highest BCUT2D eigenvalue weighted by Crippen LogP contribution is 2.20. The van der Waals surface area contributed by atoms with Crippen molar-refractivity contribution in [3.05, 3.63) is 65.2 Å². The van der Waals surface area contributed by atoms with Crippen molar-refractivity contribution in [2.24, 2.45) is 0 Å². The molecule has 6 heteroatoms. The maximum absolute atomic E-state index is 13.3. The van der Waals surface area contributed by atoms with Crippen molar-refractivity contribution in [1.82, 2.24) is 5.32 Å². The number of halogens is 2. The largest absolute Gasteiger partial charge is 0.481 e. The molecule has 2 rings (SSSR count). The Morgan fingerprint density at radius 3 is 2.32 bits per heavy atom. The van der Waals surface area contributed by atoms with Gasteiger partial charge >= 0.3 is 0 Å². The first-order valence-corrected chi connectivity index (χ1v) is 7.94. The van der Waals surface area contributed by atoms with Crippen molar-refractivity contribution in [2.75, 3.05) is 0 Å². The molecule has 4 nitrogen and oxygen atoms in total. The van der Waals surface area contributed by atoms with Crippen molar-refractivity contribution >= 4 is 5.91 Å². The molecule has 0 aliphatic heterocycles. The van der Waals surface area contributed by atoms with E-state index in [0.29, 0.717) is 5.75 Å². The number of amides is 1. The highest BCUT2D eigenvalue weighted by molar-refractivity contribution is 5.81. The molecule has 0 spiro atoms. The summed E-state index contributed by atoms with van der Waals surface area (Å²) < 4.78 is 31.8. The summed E-state index contributed by atoms with van der Waals surface area (Å²) in [4.78, 5) is 12.2. The topological polar surface area (TPSA) is 58.6 Å². The standard InChI is InChI=1S/C19H21F2NO3/c1-11-4-7-15(8-5-11)25-13(3)19(24)22-12(2)18(23)14-6-9-16(20)17(21)10-14/h4-10,12-13,18,23H,1-3H3,(H,22,24). The number of benzene rings is 2. The minimum absolute atomic E-state index is 0.179. The van der Waals surface area contributed by atoms with Crippen LogP contribution in [0.15, 0.2) is 42.5 Å². The minimum atomic E-state index is -1.18. The predicted octanol–water partition coefficient (Wildman–Crippen LogP) is 3.28. The molecule has 0 heterocycles. The van der Waals surface area contributed by atoms with Crippen molar-refractivity contribution in [2.45, 2.75) is 39.0 Å². The van der Waals surface area contributed by atoms with Crippen LogP contribution in [0.1, 0.15) is 31.1 Å². The molecule has 0 fully saturated rings. The molecular formula is C19H21F2NO3. The predicted molar refractivity (Wildman–Crippen MR) is 90.2 cm³/mol. The summed E-state index contributed by atoms with van der Waals surface area (Å²) in [5.74, 6) is -1.91. The van der Waals surface area contributed by atoms with Crippen LogP contribution in [0, 0.1) is 18.6 Å². The van der Waals surface area contributed by atoms with Gasteiger partial charge in [-0.1, -0.05) is 23.8 Å². The van der Waals surface area contributed by atoms with Gasteiger partial charge in [-0.3, -0.25) is 4.79 Å². The van der Waals surface area contributed by atoms with Gasteiger partial charge in [0.1, 0.15) is 5.75 Å². The molecule has 0 bridgehead atoms. The molecule has 0 aliphatic rings. The summed E-state index contributed by atoms with van der Waals surface area (Å²) in [5, 5.41) is 12.8. The third-order valence-corrected chi connectivity index (χ3v) is 3.83. The van der Waals surface area contributed by atoms with Crippen LogP contribution in [-0.2, 0) is 4.79 Å². The first-order chi connectivity index (χ1) is 11.8. The zero-order chi connectivity index (χ0) is 18.6. The number of aliphatic hydroxyl groups excluding tert-OH is 1. The maximum atomic E-state index is 13.3. The lowest BCUT2D eigenvalue weighted by molar-refractivity contribution is -0.128. The van der Waals surface area contributed by atoms with Crippen molar-refractivity contribution in [1.29, 1.82) is 0 Å². The van der Waals surface area contributed by atoms with Crippen LogP contribution in [0.25, 0.3) is 0 Å². The zero-order valence-electron chi connectivity index (χ0n) is 14.3. The number of rotatable bonds is 6. The molecule has 0 radical (unpaired) electrons. The number of nitrogens with one attached hydrogen (secondary N) is 1. The van der Waals surface area contributed by atoms with Crippen LogP contribution >= 0.6 is 0 Å². The average Bonchev–Trinajstić information content (AvgIpc) is 2.58. The summed E-state index contributed by atoms with van der Waals surface area (Å²) in [6, 6.07) is 9.68. The van der Waals surface area contributed by atoms with Crippen molar-refractivity contribution < 1.29 is 23.4 Å². The van der Waals surface area contributed by atoms with E-state index in [9.17, 15) is 18.7 Å². The van der Waals surface area contributed by atoms with E-state index in [1.54, 1.807) is 26.0 Å². The molecule has 3 unspecified atom stereocenters. The lowest BCUT2D eigenvalue weighted by atomic mass is 10.0. The van der Waals surface area contributed by atoms with Crippen LogP contribution < -0.4 is 10.1 Å². The van der Waals surface area contributed by atoms with Gasteiger partial charge in [-0.25, -0.2) is 8.78 Å². The highest BCUT2D eigenvalue weighted by Gasteiger charge is 2.23. The van der Waals surface area contributed by atoms with Crippen LogP contribution in [0.5, 0.6) is 5.75 Å². The SMILES string of the molecule is Cc1ccc(OC(C)C(=O)NC(C)C(O)c2ccc(F)c(F)c2)cc1. The Labute approximate surface area is 145 Å². The molecule has 2 aromatic carbocycles. The fourth-order valence-corrected chi connectivity index (χ4v) is 2.28. The molecule has 1 amide bonds.